The second kappa shape index (κ2) is 7.86. The van der Waals surface area contributed by atoms with Crippen LogP contribution in [0.3, 0.4) is 0 Å². The van der Waals surface area contributed by atoms with E-state index in [4.69, 9.17) is 11.6 Å². The van der Waals surface area contributed by atoms with Gasteiger partial charge in [0.25, 0.3) is 5.91 Å². The van der Waals surface area contributed by atoms with Gasteiger partial charge >= 0.3 is 12.4 Å². The lowest BCUT2D eigenvalue weighted by atomic mass is 9.92. The normalized spacial score (nSPS) is 18.9. The van der Waals surface area contributed by atoms with Crippen LogP contribution in [0.5, 0.6) is 5.75 Å². The summed E-state index contributed by atoms with van der Waals surface area (Å²) in [6.07, 6.45) is -4.85. The molecule has 30 heavy (non-hydrogen) atoms. The number of hydrogen-bond donors (Lipinski definition) is 2. The minimum absolute atomic E-state index is 0.230. The first kappa shape index (κ1) is 21.4. The maximum atomic E-state index is 12.8. The average Bonchev–Trinajstić information content (AvgIpc) is 2.85. The molecule has 1 unspecified atom stereocenters. The van der Waals surface area contributed by atoms with Crippen molar-refractivity contribution in [3.63, 3.8) is 0 Å². The first-order chi connectivity index (χ1) is 14.0. The summed E-state index contributed by atoms with van der Waals surface area (Å²) in [4.78, 5) is 38.1. The maximum absolute atomic E-state index is 12.8. The molecule has 1 aliphatic heterocycles. The van der Waals surface area contributed by atoms with Crippen molar-refractivity contribution in [2.45, 2.75) is 18.8 Å². The second-order valence-corrected chi connectivity index (χ2v) is 7.01. The number of hydrogen-bond acceptors (Lipinski definition) is 4. The zero-order valence-corrected chi connectivity index (χ0v) is 16.2. The number of ether oxygens (including phenoxy) is 1. The Hall–Kier alpha value is -3.27. The van der Waals surface area contributed by atoms with E-state index in [0.29, 0.717) is 10.7 Å². The molecule has 1 heterocycles. The first-order valence-corrected chi connectivity index (χ1v) is 8.91. The van der Waals surface area contributed by atoms with Gasteiger partial charge in [-0.25, -0.2) is 4.79 Å². The van der Waals surface area contributed by atoms with Crippen molar-refractivity contribution in [3.8, 4) is 5.75 Å². The number of halogens is 4. The third kappa shape index (κ3) is 4.65. The lowest BCUT2D eigenvalue weighted by Gasteiger charge is -2.22. The molecule has 3 rings (SSSR count). The quantitative estimate of drug-likeness (QED) is 0.693. The van der Waals surface area contributed by atoms with Gasteiger partial charge in [-0.15, -0.1) is 13.2 Å². The summed E-state index contributed by atoms with van der Waals surface area (Å²) >= 11 is 5.85. The Morgan fingerprint density at radius 1 is 1.20 bits per heavy atom. The lowest BCUT2D eigenvalue weighted by Crippen LogP contribution is -2.42. The van der Waals surface area contributed by atoms with Crippen LogP contribution in [0.1, 0.15) is 12.5 Å². The zero-order chi connectivity index (χ0) is 22.1. The van der Waals surface area contributed by atoms with Gasteiger partial charge in [-0.2, -0.15) is 0 Å². The third-order valence-electron chi connectivity index (χ3n) is 4.35. The number of alkyl halides is 3. The van der Waals surface area contributed by atoms with E-state index >= 15 is 0 Å². The Bertz CT molecular complexity index is 997. The van der Waals surface area contributed by atoms with Crippen LogP contribution in [0.25, 0.3) is 0 Å². The molecule has 4 amide bonds. The molecule has 1 saturated heterocycles. The molecule has 0 bridgehead atoms. The number of rotatable bonds is 5. The highest BCUT2D eigenvalue weighted by atomic mass is 35.5. The van der Waals surface area contributed by atoms with Crippen molar-refractivity contribution in [2.24, 2.45) is 0 Å². The molecule has 0 saturated carbocycles. The number of amides is 4. The SMILES string of the molecule is CC1(c2ccc(OC(F)(F)F)cc2)NC(=O)N(CC(=O)Nc2cccc(Cl)c2)C1=O. The molecule has 1 fully saturated rings. The summed E-state index contributed by atoms with van der Waals surface area (Å²) in [7, 11) is 0. The summed E-state index contributed by atoms with van der Waals surface area (Å²) < 4.78 is 40.7. The van der Waals surface area contributed by atoms with E-state index in [-0.39, 0.29) is 5.56 Å². The number of nitrogens with zero attached hydrogens (tertiary/aromatic N) is 1. The molecule has 0 aromatic heterocycles. The predicted molar refractivity (Wildman–Crippen MR) is 101 cm³/mol. The standard InChI is InChI=1S/C19H15ClF3N3O4/c1-18(11-5-7-14(8-6-11)30-19(21,22)23)16(28)26(17(29)25-18)10-15(27)24-13-4-2-3-12(20)9-13/h2-9H,10H2,1H3,(H,24,27)(H,25,29). The van der Waals surface area contributed by atoms with E-state index in [1.54, 1.807) is 18.2 Å². The predicted octanol–water partition coefficient (Wildman–Crippen LogP) is 3.64. The minimum atomic E-state index is -4.85. The first-order valence-electron chi connectivity index (χ1n) is 8.54. The van der Waals surface area contributed by atoms with Crippen molar-refractivity contribution >= 4 is 35.1 Å². The fraction of sp³-hybridized carbons (Fsp3) is 0.211. The largest absolute Gasteiger partial charge is 0.573 e. The summed E-state index contributed by atoms with van der Waals surface area (Å²) in [5.41, 5.74) is -0.930. The molecule has 0 radical (unpaired) electrons. The summed E-state index contributed by atoms with van der Waals surface area (Å²) in [5.74, 6) is -1.82. The highest BCUT2D eigenvalue weighted by Gasteiger charge is 2.49. The van der Waals surface area contributed by atoms with Gasteiger partial charge in [0.15, 0.2) is 0 Å². The Labute approximate surface area is 173 Å². The van der Waals surface area contributed by atoms with Crippen LogP contribution < -0.4 is 15.4 Å². The average molecular weight is 442 g/mol. The van der Waals surface area contributed by atoms with E-state index in [0.717, 1.165) is 17.0 Å². The minimum Gasteiger partial charge on any atom is -0.406 e. The molecule has 2 aromatic carbocycles. The molecule has 2 N–H and O–H groups in total. The van der Waals surface area contributed by atoms with Crippen molar-refractivity contribution < 1.29 is 32.3 Å². The van der Waals surface area contributed by atoms with Gasteiger partial charge in [0.1, 0.15) is 17.8 Å². The molecular formula is C19H15ClF3N3O4. The number of urea groups is 1. The number of imide groups is 1. The number of carbonyl (C=O) groups is 3. The van der Waals surface area contributed by atoms with Crippen molar-refractivity contribution in [2.75, 3.05) is 11.9 Å². The van der Waals surface area contributed by atoms with Crippen molar-refractivity contribution in [1.82, 2.24) is 10.2 Å². The van der Waals surface area contributed by atoms with Gasteiger partial charge < -0.3 is 15.4 Å². The van der Waals surface area contributed by atoms with Crippen LogP contribution in [0, 0.1) is 0 Å². The lowest BCUT2D eigenvalue weighted by molar-refractivity contribution is -0.274. The van der Waals surface area contributed by atoms with Crippen molar-refractivity contribution in [3.05, 3.63) is 59.1 Å². The molecule has 0 aliphatic carbocycles. The fourth-order valence-corrected chi connectivity index (χ4v) is 3.13. The van der Waals surface area contributed by atoms with E-state index in [1.807, 2.05) is 0 Å². The van der Waals surface area contributed by atoms with E-state index in [9.17, 15) is 27.6 Å². The smallest absolute Gasteiger partial charge is 0.406 e. The second-order valence-electron chi connectivity index (χ2n) is 6.58. The van der Waals surface area contributed by atoms with Crippen LogP contribution in [0.4, 0.5) is 23.7 Å². The molecule has 0 spiro atoms. The highest BCUT2D eigenvalue weighted by Crippen LogP contribution is 2.31. The maximum Gasteiger partial charge on any atom is 0.573 e. The highest BCUT2D eigenvalue weighted by molar-refractivity contribution is 6.30. The Balaban J connectivity index is 1.72. The summed E-state index contributed by atoms with van der Waals surface area (Å²) in [5, 5.41) is 5.39. The van der Waals surface area contributed by atoms with Crippen LogP contribution in [-0.2, 0) is 15.1 Å². The van der Waals surface area contributed by atoms with E-state index in [1.165, 1.54) is 25.1 Å². The Morgan fingerprint density at radius 3 is 2.47 bits per heavy atom. The molecule has 2 aromatic rings. The van der Waals surface area contributed by atoms with E-state index < -0.39 is 42.0 Å². The molecule has 158 valence electrons. The third-order valence-corrected chi connectivity index (χ3v) is 4.59. The summed E-state index contributed by atoms with van der Waals surface area (Å²) in [6.45, 7) is 0.837. The van der Waals surface area contributed by atoms with Gasteiger partial charge in [0.05, 0.1) is 0 Å². The molecule has 1 atom stereocenters. The van der Waals surface area contributed by atoms with Crippen LogP contribution in [0.2, 0.25) is 5.02 Å². The fourth-order valence-electron chi connectivity index (χ4n) is 2.94. The van der Waals surface area contributed by atoms with Crippen LogP contribution in [-0.4, -0.2) is 35.7 Å². The van der Waals surface area contributed by atoms with Crippen molar-refractivity contribution in [1.29, 1.82) is 0 Å². The summed E-state index contributed by atoms with van der Waals surface area (Å²) in [6, 6.07) is 10.0. The Kier molecular flexibility index (Phi) is 5.62. The topological polar surface area (TPSA) is 87.7 Å². The van der Waals surface area contributed by atoms with Gasteiger partial charge in [0.2, 0.25) is 5.91 Å². The molecule has 1 aliphatic rings. The van der Waals surface area contributed by atoms with Crippen LogP contribution >= 0.6 is 11.6 Å². The van der Waals surface area contributed by atoms with Gasteiger partial charge in [-0.1, -0.05) is 29.8 Å². The zero-order valence-electron chi connectivity index (χ0n) is 15.4. The molecule has 11 heteroatoms. The Morgan fingerprint density at radius 2 is 1.87 bits per heavy atom. The number of carbonyl (C=O) groups excluding carboxylic acids is 3. The number of benzene rings is 2. The van der Waals surface area contributed by atoms with Gasteiger partial charge in [0, 0.05) is 10.7 Å². The van der Waals surface area contributed by atoms with Gasteiger partial charge in [-0.3, -0.25) is 14.5 Å². The van der Waals surface area contributed by atoms with Gasteiger partial charge in [-0.05, 0) is 42.8 Å². The number of nitrogens with one attached hydrogen (secondary N) is 2. The molecule has 7 nitrogen and oxygen atoms in total. The molecular weight excluding hydrogens is 427 g/mol. The van der Waals surface area contributed by atoms with Crippen LogP contribution in [0.15, 0.2) is 48.5 Å². The number of anilines is 1. The van der Waals surface area contributed by atoms with E-state index in [2.05, 4.69) is 15.4 Å². The monoisotopic (exact) mass is 441 g/mol.